The molecular weight excluding hydrogens is 262 g/mol. The minimum atomic E-state index is -3.45. The number of H-pyrrole nitrogens is 1. The standard InChI is InChI=1S/C13H17N3O2S/c1-10-3-4-11(2)13(7-10)19(17,18)16-6-5-12-8-14-9-15-12/h3-4,7-9,16H,5-6H2,1-2H3,(H,14,15). The minimum absolute atomic E-state index is 0.345. The Bertz CT molecular complexity index is 649. The number of rotatable bonds is 5. The molecule has 0 aliphatic carbocycles. The molecule has 2 rings (SSSR count). The zero-order chi connectivity index (χ0) is 13.9. The van der Waals surface area contributed by atoms with Crippen LogP contribution in [-0.4, -0.2) is 24.9 Å². The lowest BCUT2D eigenvalue weighted by molar-refractivity contribution is 0.580. The number of sulfonamides is 1. The summed E-state index contributed by atoms with van der Waals surface area (Å²) in [5.41, 5.74) is 2.59. The SMILES string of the molecule is Cc1ccc(C)c(S(=O)(=O)NCCc2cnc[nH]2)c1. The van der Waals surface area contributed by atoms with Crippen LogP contribution >= 0.6 is 0 Å². The Hall–Kier alpha value is -1.66. The first-order valence-corrected chi connectivity index (χ1v) is 7.51. The molecule has 0 aliphatic rings. The van der Waals surface area contributed by atoms with Crippen molar-refractivity contribution >= 4 is 10.0 Å². The van der Waals surface area contributed by atoms with Crippen LogP contribution in [0.5, 0.6) is 0 Å². The molecule has 19 heavy (non-hydrogen) atoms. The average molecular weight is 279 g/mol. The van der Waals surface area contributed by atoms with E-state index in [9.17, 15) is 8.42 Å². The molecule has 2 aromatic rings. The summed E-state index contributed by atoms with van der Waals surface area (Å²) in [7, 11) is -3.45. The summed E-state index contributed by atoms with van der Waals surface area (Å²) in [6.07, 6.45) is 3.85. The van der Waals surface area contributed by atoms with Gasteiger partial charge in [-0.05, 0) is 31.0 Å². The highest BCUT2D eigenvalue weighted by Crippen LogP contribution is 2.16. The van der Waals surface area contributed by atoms with Gasteiger partial charge in [0.1, 0.15) is 0 Å². The lowest BCUT2D eigenvalue weighted by Crippen LogP contribution is -2.26. The van der Waals surface area contributed by atoms with Gasteiger partial charge in [-0.2, -0.15) is 0 Å². The van der Waals surface area contributed by atoms with Gasteiger partial charge in [0.25, 0.3) is 0 Å². The maximum Gasteiger partial charge on any atom is 0.240 e. The van der Waals surface area contributed by atoms with E-state index in [-0.39, 0.29) is 0 Å². The maximum atomic E-state index is 12.2. The van der Waals surface area contributed by atoms with Gasteiger partial charge < -0.3 is 4.98 Å². The number of aromatic nitrogens is 2. The van der Waals surface area contributed by atoms with Crippen molar-refractivity contribution in [2.45, 2.75) is 25.2 Å². The minimum Gasteiger partial charge on any atom is -0.348 e. The third kappa shape index (κ3) is 3.42. The molecule has 0 atom stereocenters. The number of nitrogens with one attached hydrogen (secondary N) is 2. The van der Waals surface area contributed by atoms with Gasteiger partial charge in [-0.1, -0.05) is 12.1 Å². The first kappa shape index (κ1) is 13.8. The van der Waals surface area contributed by atoms with Crippen LogP contribution in [0.4, 0.5) is 0 Å². The quantitative estimate of drug-likeness (QED) is 0.872. The first-order valence-electron chi connectivity index (χ1n) is 6.03. The zero-order valence-corrected chi connectivity index (χ0v) is 11.8. The molecule has 0 bridgehead atoms. The highest BCUT2D eigenvalue weighted by Gasteiger charge is 2.16. The molecule has 0 aliphatic heterocycles. The van der Waals surface area contributed by atoms with Crippen LogP contribution in [0, 0.1) is 13.8 Å². The molecule has 1 aromatic carbocycles. The smallest absolute Gasteiger partial charge is 0.240 e. The second kappa shape index (κ2) is 5.54. The zero-order valence-electron chi connectivity index (χ0n) is 11.0. The summed E-state index contributed by atoms with van der Waals surface area (Å²) in [6, 6.07) is 5.41. The third-order valence-corrected chi connectivity index (χ3v) is 4.48. The summed E-state index contributed by atoms with van der Waals surface area (Å²) in [6.45, 7) is 4.02. The third-order valence-electron chi connectivity index (χ3n) is 2.87. The Morgan fingerprint density at radius 1 is 1.32 bits per heavy atom. The van der Waals surface area contributed by atoms with E-state index in [1.165, 1.54) is 0 Å². The van der Waals surface area contributed by atoms with Gasteiger partial charge >= 0.3 is 0 Å². The van der Waals surface area contributed by atoms with Crippen molar-refractivity contribution in [1.29, 1.82) is 0 Å². The van der Waals surface area contributed by atoms with Gasteiger partial charge in [-0.25, -0.2) is 18.1 Å². The summed E-state index contributed by atoms with van der Waals surface area (Å²) >= 11 is 0. The molecule has 0 amide bonds. The van der Waals surface area contributed by atoms with E-state index in [2.05, 4.69) is 14.7 Å². The van der Waals surface area contributed by atoms with Crippen molar-refractivity contribution in [3.63, 3.8) is 0 Å². The molecule has 1 heterocycles. The van der Waals surface area contributed by atoms with Crippen molar-refractivity contribution < 1.29 is 8.42 Å². The van der Waals surface area contributed by atoms with Crippen LogP contribution in [0.2, 0.25) is 0 Å². The lowest BCUT2D eigenvalue weighted by Gasteiger charge is -2.09. The Labute approximate surface area is 113 Å². The number of hydrogen-bond acceptors (Lipinski definition) is 3. The van der Waals surface area contributed by atoms with Crippen molar-refractivity contribution in [3.8, 4) is 0 Å². The fraction of sp³-hybridized carbons (Fsp3) is 0.308. The van der Waals surface area contributed by atoms with E-state index in [0.717, 1.165) is 16.8 Å². The molecular formula is C13H17N3O2S. The molecule has 102 valence electrons. The normalized spacial score (nSPS) is 11.7. The van der Waals surface area contributed by atoms with Crippen LogP contribution < -0.4 is 4.72 Å². The van der Waals surface area contributed by atoms with Crippen LogP contribution in [0.25, 0.3) is 0 Å². The summed E-state index contributed by atoms with van der Waals surface area (Å²) < 4.78 is 27.0. The molecule has 1 aromatic heterocycles. The highest BCUT2D eigenvalue weighted by molar-refractivity contribution is 7.89. The molecule has 0 radical (unpaired) electrons. The van der Waals surface area contributed by atoms with Gasteiger partial charge in [0.05, 0.1) is 11.2 Å². The molecule has 0 spiro atoms. The number of imidazole rings is 1. The fourth-order valence-corrected chi connectivity index (χ4v) is 3.18. The number of aryl methyl sites for hydroxylation is 2. The van der Waals surface area contributed by atoms with Gasteiger partial charge in [-0.15, -0.1) is 0 Å². The number of hydrogen-bond donors (Lipinski definition) is 2. The van der Waals surface area contributed by atoms with Crippen molar-refractivity contribution in [2.24, 2.45) is 0 Å². The van der Waals surface area contributed by atoms with Crippen LogP contribution in [0.3, 0.4) is 0 Å². The highest BCUT2D eigenvalue weighted by atomic mass is 32.2. The summed E-state index contributed by atoms with van der Waals surface area (Å²) in [5, 5.41) is 0. The maximum absolute atomic E-state index is 12.2. The van der Waals surface area contributed by atoms with E-state index < -0.39 is 10.0 Å². The van der Waals surface area contributed by atoms with Crippen molar-refractivity contribution in [3.05, 3.63) is 47.5 Å². The molecule has 5 nitrogen and oxygen atoms in total. The topological polar surface area (TPSA) is 74.8 Å². The second-order valence-corrected chi connectivity index (χ2v) is 6.23. The Balaban J connectivity index is 2.07. The van der Waals surface area contributed by atoms with E-state index >= 15 is 0 Å². The van der Waals surface area contributed by atoms with E-state index in [1.807, 2.05) is 19.1 Å². The van der Waals surface area contributed by atoms with E-state index in [4.69, 9.17) is 0 Å². The van der Waals surface area contributed by atoms with E-state index in [1.54, 1.807) is 25.5 Å². The monoisotopic (exact) mass is 279 g/mol. The van der Waals surface area contributed by atoms with E-state index in [0.29, 0.717) is 17.9 Å². The Kier molecular flexibility index (Phi) is 4.01. The molecule has 2 N–H and O–H groups in total. The van der Waals surface area contributed by atoms with Crippen molar-refractivity contribution in [2.75, 3.05) is 6.54 Å². The Morgan fingerprint density at radius 2 is 2.11 bits per heavy atom. The largest absolute Gasteiger partial charge is 0.348 e. The average Bonchev–Trinajstić information content (AvgIpc) is 2.85. The van der Waals surface area contributed by atoms with Crippen molar-refractivity contribution in [1.82, 2.24) is 14.7 Å². The number of benzene rings is 1. The summed E-state index contributed by atoms with van der Waals surface area (Å²) in [5.74, 6) is 0. The predicted octanol–water partition coefficient (Wildman–Crippen LogP) is 1.55. The predicted molar refractivity (Wildman–Crippen MR) is 73.4 cm³/mol. The molecule has 0 saturated carbocycles. The first-order chi connectivity index (χ1) is 8.99. The second-order valence-electron chi connectivity index (χ2n) is 4.49. The van der Waals surface area contributed by atoms with Gasteiger partial charge in [-0.3, -0.25) is 0 Å². The molecule has 0 saturated heterocycles. The number of aromatic amines is 1. The molecule has 0 unspecified atom stereocenters. The van der Waals surface area contributed by atoms with Gasteiger partial charge in [0.2, 0.25) is 10.0 Å². The van der Waals surface area contributed by atoms with Crippen LogP contribution in [-0.2, 0) is 16.4 Å². The molecule has 6 heteroatoms. The van der Waals surface area contributed by atoms with Crippen LogP contribution in [0.15, 0.2) is 35.6 Å². The summed E-state index contributed by atoms with van der Waals surface area (Å²) in [4.78, 5) is 7.17. The number of nitrogens with zero attached hydrogens (tertiary/aromatic N) is 1. The van der Waals surface area contributed by atoms with Gasteiger partial charge in [0.15, 0.2) is 0 Å². The van der Waals surface area contributed by atoms with Crippen LogP contribution in [0.1, 0.15) is 16.8 Å². The van der Waals surface area contributed by atoms with Gasteiger partial charge in [0, 0.05) is 24.9 Å². The lowest BCUT2D eigenvalue weighted by atomic mass is 10.2. The molecule has 0 fully saturated rings. The Morgan fingerprint density at radius 3 is 2.79 bits per heavy atom. The fourth-order valence-electron chi connectivity index (χ4n) is 1.82.